The van der Waals surface area contributed by atoms with E-state index in [4.69, 9.17) is 4.74 Å². The molecule has 0 aromatic carbocycles. The van der Waals surface area contributed by atoms with Gasteiger partial charge in [-0.3, -0.25) is 4.98 Å². The molecule has 0 aliphatic heterocycles. The molecule has 2 heterocycles. The Morgan fingerprint density at radius 2 is 1.95 bits per heavy atom. The van der Waals surface area contributed by atoms with Crippen molar-refractivity contribution in [3.63, 3.8) is 0 Å². The number of nitrogens with zero attached hydrogens (tertiary/aromatic N) is 3. The van der Waals surface area contributed by atoms with Gasteiger partial charge in [0.25, 0.3) is 0 Å². The zero-order valence-electron chi connectivity index (χ0n) is 13.1. The van der Waals surface area contributed by atoms with Crippen molar-refractivity contribution in [2.45, 2.75) is 45.8 Å². The molecule has 21 heavy (non-hydrogen) atoms. The number of nitrogens with one attached hydrogen (secondary N) is 1. The van der Waals surface area contributed by atoms with Crippen LogP contribution in [0.2, 0.25) is 0 Å². The highest BCUT2D eigenvalue weighted by Gasteiger charge is 2.22. The van der Waals surface area contributed by atoms with Crippen molar-refractivity contribution < 1.29 is 4.74 Å². The maximum Gasteiger partial charge on any atom is 0.138 e. The molecule has 1 atom stereocenters. The Kier molecular flexibility index (Phi) is 5.25. The SMILES string of the molecule is CNC(c1cncc(OC(C)C)c1)c1snnc1C(C)C. The first-order valence-electron chi connectivity index (χ1n) is 7.14. The van der Waals surface area contributed by atoms with Crippen molar-refractivity contribution in [2.24, 2.45) is 0 Å². The highest BCUT2D eigenvalue weighted by molar-refractivity contribution is 7.05. The minimum atomic E-state index is 0.0330. The van der Waals surface area contributed by atoms with Crippen molar-refractivity contribution in [3.8, 4) is 5.75 Å². The Morgan fingerprint density at radius 3 is 2.57 bits per heavy atom. The van der Waals surface area contributed by atoms with Gasteiger partial charge in [0.1, 0.15) is 5.75 Å². The molecule has 0 bridgehead atoms. The van der Waals surface area contributed by atoms with Crippen LogP contribution in [-0.2, 0) is 0 Å². The van der Waals surface area contributed by atoms with E-state index in [9.17, 15) is 0 Å². The van der Waals surface area contributed by atoms with E-state index in [1.807, 2.05) is 33.2 Å². The molecule has 0 aliphatic carbocycles. The average Bonchev–Trinajstić information content (AvgIpc) is 2.88. The molecule has 5 nitrogen and oxygen atoms in total. The second-order valence-electron chi connectivity index (χ2n) is 5.52. The fraction of sp³-hybridized carbons (Fsp3) is 0.533. The van der Waals surface area contributed by atoms with E-state index >= 15 is 0 Å². The summed E-state index contributed by atoms with van der Waals surface area (Å²) in [6, 6.07) is 2.06. The van der Waals surface area contributed by atoms with Gasteiger partial charge in [0.15, 0.2) is 0 Å². The Bertz CT molecular complexity index is 583. The topological polar surface area (TPSA) is 59.9 Å². The highest BCUT2D eigenvalue weighted by Crippen LogP contribution is 2.31. The summed E-state index contributed by atoms with van der Waals surface area (Å²) in [5, 5.41) is 7.59. The van der Waals surface area contributed by atoms with Gasteiger partial charge < -0.3 is 10.1 Å². The number of hydrogen-bond donors (Lipinski definition) is 1. The van der Waals surface area contributed by atoms with Crippen LogP contribution < -0.4 is 10.1 Å². The summed E-state index contributed by atoms with van der Waals surface area (Å²) in [6.07, 6.45) is 3.73. The van der Waals surface area contributed by atoms with Gasteiger partial charge in [0.05, 0.1) is 28.9 Å². The Labute approximate surface area is 129 Å². The van der Waals surface area contributed by atoms with Gasteiger partial charge in [-0.05, 0) is 50.0 Å². The van der Waals surface area contributed by atoms with Crippen LogP contribution in [0.1, 0.15) is 55.8 Å². The Hall–Kier alpha value is -1.53. The van der Waals surface area contributed by atoms with Crippen LogP contribution in [0, 0.1) is 0 Å². The monoisotopic (exact) mass is 306 g/mol. The molecule has 2 rings (SSSR count). The quantitative estimate of drug-likeness (QED) is 0.888. The summed E-state index contributed by atoms with van der Waals surface area (Å²) >= 11 is 1.43. The van der Waals surface area contributed by atoms with Crippen LogP contribution in [0.25, 0.3) is 0 Å². The molecule has 1 N–H and O–H groups in total. The largest absolute Gasteiger partial charge is 0.489 e. The summed E-state index contributed by atoms with van der Waals surface area (Å²) in [5.41, 5.74) is 2.10. The van der Waals surface area contributed by atoms with E-state index in [2.05, 4.69) is 33.7 Å². The van der Waals surface area contributed by atoms with Gasteiger partial charge in [0.2, 0.25) is 0 Å². The van der Waals surface area contributed by atoms with Gasteiger partial charge in [-0.1, -0.05) is 18.3 Å². The van der Waals surface area contributed by atoms with Crippen LogP contribution in [-0.4, -0.2) is 27.7 Å². The standard InChI is InChI=1S/C15H22N4OS/c1-9(2)13-15(21-19-18-13)14(16-5)11-6-12(8-17-7-11)20-10(3)4/h6-10,14,16H,1-5H3. The van der Waals surface area contributed by atoms with Gasteiger partial charge in [-0.15, -0.1) is 5.10 Å². The summed E-state index contributed by atoms with van der Waals surface area (Å²) in [5.74, 6) is 1.13. The minimum absolute atomic E-state index is 0.0330. The molecule has 2 aromatic heterocycles. The molecule has 114 valence electrons. The first-order chi connectivity index (χ1) is 10.0. The van der Waals surface area contributed by atoms with Crippen molar-refractivity contribution in [3.05, 3.63) is 34.6 Å². The lowest BCUT2D eigenvalue weighted by Gasteiger charge is -2.18. The van der Waals surface area contributed by atoms with E-state index in [-0.39, 0.29) is 12.1 Å². The van der Waals surface area contributed by atoms with Crippen molar-refractivity contribution >= 4 is 11.5 Å². The number of hydrogen-bond acceptors (Lipinski definition) is 6. The van der Waals surface area contributed by atoms with Crippen LogP contribution in [0.5, 0.6) is 5.75 Å². The van der Waals surface area contributed by atoms with Crippen molar-refractivity contribution in [2.75, 3.05) is 7.05 Å². The molecular weight excluding hydrogens is 284 g/mol. The summed E-state index contributed by atoms with van der Waals surface area (Å²) in [4.78, 5) is 5.42. The molecule has 0 radical (unpaired) electrons. The predicted molar refractivity (Wildman–Crippen MR) is 84.9 cm³/mol. The normalized spacial score (nSPS) is 12.9. The second-order valence-corrected chi connectivity index (χ2v) is 6.31. The van der Waals surface area contributed by atoms with E-state index in [1.165, 1.54) is 11.5 Å². The van der Waals surface area contributed by atoms with Gasteiger partial charge in [-0.25, -0.2) is 0 Å². The van der Waals surface area contributed by atoms with Crippen LogP contribution in [0.15, 0.2) is 18.5 Å². The lowest BCUT2D eigenvalue weighted by atomic mass is 10.0. The highest BCUT2D eigenvalue weighted by atomic mass is 32.1. The summed E-state index contributed by atoms with van der Waals surface area (Å²) in [7, 11) is 1.93. The van der Waals surface area contributed by atoms with Crippen molar-refractivity contribution in [1.82, 2.24) is 19.9 Å². The predicted octanol–water partition coefficient (Wildman–Crippen LogP) is 3.15. The van der Waals surface area contributed by atoms with Crippen molar-refractivity contribution in [1.29, 1.82) is 0 Å². The first-order valence-corrected chi connectivity index (χ1v) is 7.91. The number of pyridine rings is 1. The van der Waals surface area contributed by atoms with Crippen LogP contribution in [0.4, 0.5) is 0 Å². The number of aromatic nitrogens is 3. The molecule has 0 spiro atoms. The van der Waals surface area contributed by atoms with E-state index in [1.54, 1.807) is 6.20 Å². The third-order valence-corrected chi connectivity index (χ3v) is 3.88. The fourth-order valence-corrected chi connectivity index (χ4v) is 3.13. The van der Waals surface area contributed by atoms with Gasteiger partial charge in [0, 0.05) is 6.20 Å². The maximum absolute atomic E-state index is 5.73. The smallest absolute Gasteiger partial charge is 0.138 e. The third kappa shape index (κ3) is 3.77. The van der Waals surface area contributed by atoms with E-state index in [0.717, 1.165) is 21.9 Å². The summed E-state index contributed by atoms with van der Waals surface area (Å²) in [6.45, 7) is 8.27. The zero-order valence-corrected chi connectivity index (χ0v) is 13.9. The average molecular weight is 306 g/mol. The molecule has 2 aromatic rings. The number of ether oxygens (including phenoxy) is 1. The van der Waals surface area contributed by atoms with Gasteiger partial charge >= 0.3 is 0 Å². The molecule has 6 heteroatoms. The summed E-state index contributed by atoms with van der Waals surface area (Å²) < 4.78 is 9.83. The minimum Gasteiger partial charge on any atom is -0.489 e. The molecule has 0 saturated carbocycles. The van der Waals surface area contributed by atoms with Crippen LogP contribution in [0.3, 0.4) is 0 Å². The third-order valence-electron chi connectivity index (χ3n) is 3.08. The maximum atomic E-state index is 5.73. The van der Waals surface area contributed by atoms with E-state index in [0.29, 0.717) is 5.92 Å². The molecule has 1 unspecified atom stereocenters. The molecule has 0 aliphatic rings. The van der Waals surface area contributed by atoms with E-state index < -0.39 is 0 Å². The van der Waals surface area contributed by atoms with Gasteiger partial charge in [-0.2, -0.15) is 0 Å². The molecule has 0 saturated heterocycles. The lowest BCUT2D eigenvalue weighted by molar-refractivity contribution is 0.241. The zero-order chi connectivity index (χ0) is 15.4. The Morgan fingerprint density at radius 1 is 1.19 bits per heavy atom. The van der Waals surface area contributed by atoms with Crippen LogP contribution >= 0.6 is 11.5 Å². The fourth-order valence-electron chi connectivity index (χ4n) is 2.18. The molecule has 0 amide bonds. The number of rotatable bonds is 6. The molecule has 0 fully saturated rings. The first kappa shape index (κ1) is 15.9. The molecular formula is C15H22N4OS. The second kappa shape index (κ2) is 6.95. The lowest BCUT2D eigenvalue weighted by Crippen LogP contribution is -2.19. The Balaban J connectivity index is 2.35.